The number of H-pyrrole nitrogens is 1. The summed E-state index contributed by atoms with van der Waals surface area (Å²) in [7, 11) is 0. The number of carbonyl (C=O) groups excluding carboxylic acids is 1. The van der Waals surface area contributed by atoms with Crippen LogP contribution in [0.25, 0.3) is 0 Å². The number of hydrogen-bond donors (Lipinski definition) is 1. The minimum Gasteiger partial charge on any atom is -0.381 e. The van der Waals surface area contributed by atoms with Crippen molar-refractivity contribution < 1.29 is 9.53 Å². The van der Waals surface area contributed by atoms with E-state index in [1.807, 2.05) is 24.8 Å². The maximum absolute atomic E-state index is 12.7. The highest BCUT2D eigenvalue weighted by Gasteiger charge is 2.29. The van der Waals surface area contributed by atoms with Crippen LogP contribution < -0.4 is 5.56 Å². The van der Waals surface area contributed by atoms with E-state index in [0.29, 0.717) is 19.1 Å². The zero-order chi connectivity index (χ0) is 16.4. The highest BCUT2D eigenvalue weighted by atomic mass is 16.5. The predicted molar refractivity (Wildman–Crippen MR) is 87.9 cm³/mol. The van der Waals surface area contributed by atoms with Crippen molar-refractivity contribution >= 4 is 5.91 Å². The lowest BCUT2D eigenvalue weighted by molar-refractivity contribution is 0.0137. The van der Waals surface area contributed by atoms with Gasteiger partial charge in [-0.3, -0.25) is 14.5 Å². The van der Waals surface area contributed by atoms with Crippen LogP contribution in [0.15, 0.2) is 10.9 Å². The fraction of sp³-hybridized carbons (Fsp3) is 0.647. The Bertz CT molecular complexity index is 626. The average Bonchev–Trinajstić information content (AvgIpc) is 2.55. The molecule has 0 aliphatic carbocycles. The van der Waals surface area contributed by atoms with E-state index in [1.54, 1.807) is 0 Å². The second-order valence-electron chi connectivity index (χ2n) is 6.51. The van der Waals surface area contributed by atoms with Gasteiger partial charge in [0.15, 0.2) is 0 Å². The van der Waals surface area contributed by atoms with Crippen LogP contribution in [0, 0.1) is 13.8 Å². The molecule has 6 heteroatoms. The molecule has 23 heavy (non-hydrogen) atoms. The maximum atomic E-state index is 12.7. The summed E-state index contributed by atoms with van der Waals surface area (Å²) in [5, 5.41) is 0. The van der Waals surface area contributed by atoms with Gasteiger partial charge in [0.1, 0.15) is 5.56 Å². The summed E-state index contributed by atoms with van der Waals surface area (Å²) in [6.07, 6.45) is 2.15. The number of carbonyl (C=O) groups is 1. The van der Waals surface area contributed by atoms with E-state index in [4.69, 9.17) is 4.74 Å². The number of piperazine rings is 1. The number of aromatic nitrogens is 1. The minimum absolute atomic E-state index is 0.143. The van der Waals surface area contributed by atoms with Gasteiger partial charge in [-0.25, -0.2) is 0 Å². The van der Waals surface area contributed by atoms with Crippen LogP contribution in [0.3, 0.4) is 0 Å². The first kappa shape index (κ1) is 16.2. The zero-order valence-electron chi connectivity index (χ0n) is 13.9. The van der Waals surface area contributed by atoms with Gasteiger partial charge < -0.3 is 14.6 Å². The quantitative estimate of drug-likeness (QED) is 0.881. The standard InChI is InChI=1S/C17H25N3O3/c1-12-11-13(2)18-16(21)15(12)17(22)20-7-5-19(6-8-20)14-3-9-23-10-4-14/h11,14H,3-10H2,1-2H3,(H,18,21). The van der Waals surface area contributed by atoms with Gasteiger partial charge in [0.05, 0.1) is 0 Å². The largest absolute Gasteiger partial charge is 0.381 e. The van der Waals surface area contributed by atoms with Crippen molar-refractivity contribution in [3.8, 4) is 0 Å². The topological polar surface area (TPSA) is 65.6 Å². The molecule has 2 aliphatic rings. The number of ether oxygens (including phenoxy) is 1. The Morgan fingerprint density at radius 2 is 1.83 bits per heavy atom. The Morgan fingerprint density at radius 3 is 2.43 bits per heavy atom. The van der Waals surface area contributed by atoms with E-state index in [0.717, 1.165) is 50.4 Å². The summed E-state index contributed by atoms with van der Waals surface area (Å²) < 4.78 is 5.41. The van der Waals surface area contributed by atoms with Crippen LogP contribution in [0.2, 0.25) is 0 Å². The molecule has 2 fully saturated rings. The molecule has 0 spiro atoms. The number of aromatic amines is 1. The van der Waals surface area contributed by atoms with E-state index >= 15 is 0 Å². The number of nitrogens with zero attached hydrogens (tertiary/aromatic N) is 2. The number of amides is 1. The lowest BCUT2D eigenvalue weighted by atomic mass is 10.1. The van der Waals surface area contributed by atoms with Gasteiger partial charge >= 0.3 is 0 Å². The molecule has 126 valence electrons. The number of hydrogen-bond acceptors (Lipinski definition) is 4. The fourth-order valence-electron chi connectivity index (χ4n) is 3.62. The molecule has 0 radical (unpaired) electrons. The molecular formula is C17H25N3O3. The summed E-state index contributed by atoms with van der Waals surface area (Å²) in [6, 6.07) is 2.43. The molecule has 0 aromatic carbocycles. The van der Waals surface area contributed by atoms with Gasteiger partial charge in [-0.05, 0) is 38.3 Å². The summed E-state index contributed by atoms with van der Waals surface area (Å²) in [6.45, 7) is 8.44. The van der Waals surface area contributed by atoms with Gasteiger partial charge in [-0.15, -0.1) is 0 Å². The van der Waals surface area contributed by atoms with Crippen LogP contribution in [0.1, 0.15) is 34.5 Å². The molecular weight excluding hydrogens is 294 g/mol. The molecule has 6 nitrogen and oxygen atoms in total. The summed E-state index contributed by atoms with van der Waals surface area (Å²) >= 11 is 0. The summed E-state index contributed by atoms with van der Waals surface area (Å²) in [5.41, 5.74) is 1.55. The van der Waals surface area contributed by atoms with Crippen molar-refractivity contribution in [3.05, 3.63) is 33.2 Å². The number of aryl methyl sites for hydroxylation is 2. The van der Waals surface area contributed by atoms with Crippen molar-refractivity contribution in [3.63, 3.8) is 0 Å². The second kappa shape index (κ2) is 6.84. The third-order valence-corrected chi connectivity index (χ3v) is 4.89. The monoisotopic (exact) mass is 319 g/mol. The van der Waals surface area contributed by atoms with E-state index < -0.39 is 0 Å². The summed E-state index contributed by atoms with van der Waals surface area (Å²) in [5.74, 6) is -0.143. The number of rotatable bonds is 2. The number of pyridine rings is 1. The average molecular weight is 319 g/mol. The third kappa shape index (κ3) is 3.48. The number of nitrogens with one attached hydrogen (secondary N) is 1. The smallest absolute Gasteiger partial charge is 0.261 e. The molecule has 2 saturated heterocycles. The first-order valence-electron chi connectivity index (χ1n) is 8.38. The molecule has 1 aromatic rings. The normalized spacial score (nSPS) is 20.7. The van der Waals surface area contributed by atoms with Crippen molar-refractivity contribution in [2.45, 2.75) is 32.7 Å². The van der Waals surface area contributed by atoms with E-state index in [1.165, 1.54) is 0 Å². The first-order valence-corrected chi connectivity index (χ1v) is 8.38. The molecule has 0 saturated carbocycles. The van der Waals surface area contributed by atoms with E-state index in [2.05, 4.69) is 9.88 Å². The molecule has 1 aromatic heterocycles. The molecule has 2 aliphatic heterocycles. The van der Waals surface area contributed by atoms with Crippen LogP contribution in [0.4, 0.5) is 0 Å². The molecule has 0 unspecified atom stereocenters. The van der Waals surface area contributed by atoms with Crippen molar-refractivity contribution in [2.75, 3.05) is 39.4 Å². The van der Waals surface area contributed by atoms with Crippen LogP contribution in [-0.2, 0) is 4.74 Å². The molecule has 0 atom stereocenters. The lowest BCUT2D eigenvalue weighted by Crippen LogP contribution is -2.53. The lowest BCUT2D eigenvalue weighted by Gasteiger charge is -2.40. The predicted octanol–water partition coefficient (Wildman–Crippen LogP) is 0.929. The Hall–Kier alpha value is -1.66. The zero-order valence-corrected chi connectivity index (χ0v) is 13.9. The maximum Gasteiger partial charge on any atom is 0.261 e. The van der Waals surface area contributed by atoms with Gasteiger partial charge in [-0.1, -0.05) is 0 Å². The molecule has 1 amide bonds. The molecule has 3 heterocycles. The van der Waals surface area contributed by atoms with E-state index in [9.17, 15) is 9.59 Å². The second-order valence-corrected chi connectivity index (χ2v) is 6.51. The first-order chi connectivity index (χ1) is 11.1. The SMILES string of the molecule is Cc1cc(C)c(C(=O)N2CCN(C3CCOCC3)CC2)c(=O)[nH]1. The van der Waals surface area contributed by atoms with Crippen molar-refractivity contribution in [1.29, 1.82) is 0 Å². The van der Waals surface area contributed by atoms with Gasteiger partial charge in [0, 0.05) is 51.1 Å². The highest BCUT2D eigenvalue weighted by molar-refractivity contribution is 5.95. The Balaban J connectivity index is 1.65. The fourth-order valence-corrected chi connectivity index (χ4v) is 3.62. The van der Waals surface area contributed by atoms with Crippen molar-refractivity contribution in [2.24, 2.45) is 0 Å². The van der Waals surface area contributed by atoms with Gasteiger partial charge in [-0.2, -0.15) is 0 Å². The van der Waals surface area contributed by atoms with Crippen molar-refractivity contribution in [1.82, 2.24) is 14.8 Å². The van der Waals surface area contributed by atoms with Gasteiger partial charge in [0.25, 0.3) is 11.5 Å². The highest BCUT2D eigenvalue weighted by Crippen LogP contribution is 2.17. The van der Waals surface area contributed by atoms with Gasteiger partial charge in [0.2, 0.25) is 0 Å². The van der Waals surface area contributed by atoms with Crippen LogP contribution in [0.5, 0.6) is 0 Å². The third-order valence-electron chi connectivity index (χ3n) is 4.89. The molecule has 3 rings (SSSR count). The van der Waals surface area contributed by atoms with Crippen LogP contribution >= 0.6 is 0 Å². The van der Waals surface area contributed by atoms with E-state index in [-0.39, 0.29) is 17.0 Å². The Labute approximate surface area is 136 Å². The Morgan fingerprint density at radius 1 is 1.17 bits per heavy atom. The molecule has 0 bridgehead atoms. The minimum atomic E-state index is -0.278. The molecule has 1 N–H and O–H groups in total. The van der Waals surface area contributed by atoms with Crippen LogP contribution in [-0.4, -0.2) is 66.1 Å². The Kier molecular flexibility index (Phi) is 4.82. The summed E-state index contributed by atoms with van der Waals surface area (Å²) in [4.78, 5) is 31.8.